The first-order chi connectivity index (χ1) is 18.2. The summed E-state index contributed by atoms with van der Waals surface area (Å²) in [6, 6.07) is 19.4. The Labute approximate surface area is 225 Å². The maximum atomic E-state index is 15.0. The number of carbonyl (C=O) groups is 1. The molecule has 38 heavy (non-hydrogen) atoms. The first-order valence-electron chi connectivity index (χ1n) is 13.3. The molecule has 1 aliphatic rings. The minimum Gasteiger partial charge on any atom is -0.497 e. The Morgan fingerprint density at radius 1 is 1.03 bits per heavy atom. The van der Waals surface area contributed by atoms with Crippen molar-refractivity contribution in [2.45, 2.75) is 58.9 Å². The van der Waals surface area contributed by atoms with Gasteiger partial charge in [-0.15, -0.1) is 0 Å². The van der Waals surface area contributed by atoms with Crippen molar-refractivity contribution in [3.8, 4) is 16.9 Å². The molecule has 1 N–H and O–H groups in total. The van der Waals surface area contributed by atoms with Crippen LogP contribution in [-0.2, 0) is 16.1 Å². The van der Waals surface area contributed by atoms with Crippen LogP contribution in [0.15, 0.2) is 66.7 Å². The fourth-order valence-corrected chi connectivity index (χ4v) is 5.35. The molecule has 0 unspecified atom stereocenters. The number of hydrogen-bond acceptors (Lipinski definition) is 4. The van der Waals surface area contributed by atoms with Gasteiger partial charge in [-0.05, 0) is 94.8 Å². The van der Waals surface area contributed by atoms with Gasteiger partial charge >= 0.3 is 5.97 Å². The highest BCUT2D eigenvalue weighted by Gasteiger charge is 2.30. The van der Waals surface area contributed by atoms with Gasteiger partial charge in [0.2, 0.25) is 0 Å². The van der Waals surface area contributed by atoms with Crippen LogP contribution in [0.1, 0.15) is 69.1 Å². The lowest BCUT2D eigenvalue weighted by Gasteiger charge is -2.26. The lowest BCUT2D eigenvalue weighted by molar-refractivity contribution is -0.141. The molecule has 5 heteroatoms. The molecule has 0 amide bonds. The van der Waals surface area contributed by atoms with Gasteiger partial charge < -0.3 is 14.8 Å². The third-order valence-electron chi connectivity index (χ3n) is 7.67. The fourth-order valence-electron chi connectivity index (χ4n) is 5.35. The molecule has 0 aliphatic heterocycles. The number of halogens is 1. The number of ether oxygens (including phenoxy) is 2. The molecule has 0 aromatic heterocycles. The van der Waals surface area contributed by atoms with Crippen molar-refractivity contribution in [2.75, 3.05) is 19.5 Å². The van der Waals surface area contributed by atoms with E-state index < -0.39 is 0 Å². The Morgan fingerprint density at radius 3 is 2.53 bits per heavy atom. The van der Waals surface area contributed by atoms with E-state index in [1.807, 2.05) is 18.2 Å². The van der Waals surface area contributed by atoms with E-state index in [2.05, 4.69) is 56.4 Å². The summed E-state index contributed by atoms with van der Waals surface area (Å²) in [5, 5.41) is 3.55. The predicted octanol–water partition coefficient (Wildman–Crippen LogP) is 8.37. The second-order valence-corrected chi connectivity index (χ2v) is 10.6. The predicted molar refractivity (Wildman–Crippen MR) is 153 cm³/mol. The largest absolute Gasteiger partial charge is 0.497 e. The van der Waals surface area contributed by atoms with E-state index in [0.29, 0.717) is 24.3 Å². The molecular weight excluding hydrogens is 477 g/mol. The summed E-state index contributed by atoms with van der Waals surface area (Å²) in [4.78, 5) is 11.9. The van der Waals surface area contributed by atoms with Crippen molar-refractivity contribution >= 4 is 17.2 Å². The normalized spacial score (nSPS) is 15.1. The highest BCUT2D eigenvalue weighted by Crippen LogP contribution is 2.47. The Kier molecular flexibility index (Phi) is 8.55. The van der Waals surface area contributed by atoms with Crippen LogP contribution in [0.4, 0.5) is 10.1 Å². The molecule has 200 valence electrons. The first-order valence-corrected chi connectivity index (χ1v) is 13.3. The second-order valence-electron chi connectivity index (χ2n) is 10.6. The molecule has 1 atom stereocenters. The Bertz CT molecular complexity index is 1330. The molecule has 0 radical (unpaired) electrons. The number of rotatable bonds is 10. The molecule has 4 rings (SSSR count). The summed E-state index contributed by atoms with van der Waals surface area (Å²) < 4.78 is 25.3. The zero-order valence-electron chi connectivity index (χ0n) is 23.1. The van der Waals surface area contributed by atoms with E-state index in [4.69, 9.17) is 9.47 Å². The van der Waals surface area contributed by atoms with E-state index in [1.54, 1.807) is 19.2 Å². The number of anilines is 1. The summed E-state index contributed by atoms with van der Waals surface area (Å²) in [6.45, 7) is 7.22. The summed E-state index contributed by atoms with van der Waals surface area (Å²) in [6.07, 6.45) is 5.61. The van der Waals surface area contributed by atoms with Gasteiger partial charge in [-0.3, -0.25) is 4.79 Å². The average molecular weight is 516 g/mol. The maximum absolute atomic E-state index is 15.0. The van der Waals surface area contributed by atoms with E-state index >= 15 is 4.39 Å². The van der Waals surface area contributed by atoms with Crippen LogP contribution in [0.2, 0.25) is 0 Å². The lowest BCUT2D eigenvalue weighted by atomic mass is 9.79. The topological polar surface area (TPSA) is 47.6 Å². The average Bonchev–Trinajstić information content (AvgIpc) is 3.29. The van der Waals surface area contributed by atoms with Gasteiger partial charge in [-0.1, -0.05) is 51.1 Å². The Hall–Kier alpha value is -3.60. The van der Waals surface area contributed by atoms with Gasteiger partial charge in [0.1, 0.15) is 11.6 Å². The minimum absolute atomic E-state index is 0.0132. The molecule has 1 aliphatic carbocycles. The van der Waals surface area contributed by atoms with Crippen LogP contribution in [-0.4, -0.2) is 20.2 Å². The highest BCUT2D eigenvalue weighted by atomic mass is 19.1. The van der Waals surface area contributed by atoms with E-state index in [9.17, 15) is 4.79 Å². The third-order valence-corrected chi connectivity index (χ3v) is 7.67. The highest BCUT2D eigenvalue weighted by molar-refractivity contribution is 5.85. The summed E-state index contributed by atoms with van der Waals surface area (Å²) in [5.74, 6) is 0.294. The quantitative estimate of drug-likeness (QED) is 0.276. The number of nitrogens with one attached hydrogen (secondary N) is 1. The van der Waals surface area contributed by atoms with E-state index in [1.165, 1.54) is 18.7 Å². The van der Waals surface area contributed by atoms with Gasteiger partial charge in [-0.25, -0.2) is 4.39 Å². The Balaban J connectivity index is 1.64. The number of allylic oxidation sites excluding steroid dienone is 2. The fraction of sp³-hybridized carbons (Fsp3) is 0.364. The molecule has 0 bridgehead atoms. The molecule has 0 heterocycles. The van der Waals surface area contributed by atoms with Crippen molar-refractivity contribution in [3.63, 3.8) is 0 Å². The smallest absolute Gasteiger partial charge is 0.306 e. The van der Waals surface area contributed by atoms with E-state index in [-0.39, 0.29) is 23.1 Å². The SMILES string of the molecule is CC[C@H](CC(=O)OC)c1cccc(NCc2ccc(-c3cc(OC)ccc3F)c(C3=CCCC3(C)C)c2)c1. The molecule has 3 aromatic rings. The van der Waals surface area contributed by atoms with Crippen molar-refractivity contribution in [2.24, 2.45) is 5.41 Å². The van der Waals surface area contributed by atoms with Gasteiger partial charge in [0.15, 0.2) is 0 Å². The van der Waals surface area contributed by atoms with Crippen LogP contribution in [0.25, 0.3) is 16.7 Å². The number of hydrogen-bond donors (Lipinski definition) is 1. The summed E-state index contributed by atoms with van der Waals surface area (Å²) >= 11 is 0. The number of methoxy groups -OCH3 is 2. The first kappa shape index (κ1) is 27.4. The van der Waals surface area contributed by atoms with Gasteiger partial charge in [-0.2, -0.15) is 0 Å². The molecule has 4 nitrogen and oxygen atoms in total. The van der Waals surface area contributed by atoms with Crippen LogP contribution in [0.5, 0.6) is 5.75 Å². The zero-order chi connectivity index (χ0) is 27.3. The van der Waals surface area contributed by atoms with Gasteiger partial charge in [0, 0.05) is 17.8 Å². The third kappa shape index (κ3) is 6.09. The summed E-state index contributed by atoms with van der Waals surface area (Å²) in [5.41, 5.74) is 6.99. The number of carbonyl (C=O) groups excluding carboxylic acids is 1. The lowest BCUT2D eigenvalue weighted by Crippen LogP contribution is -2.11. The Morgan fingerprint density at radius 2 is 1.84 bits per heavy atom. The molecule has 0 fully saturated rings. The number of esters is 1. The van der Waals surface area contributed by atoms with Crippen LogP contribution >= 0.6 is 0 Å². The van der Waals surface area contributed by atoms with Crippen molar-refractivity contribution in [1.82, 2.24) is 0 Å². The zero-order valence-corrected chi connectivity index (χ0v) is 23.1. The van der Waals surface area contributed by atoms with Gasteiger partial charge in [0.05, 0.1) is 20.6 Å². The van der Waals surface area contributed by atoms with Gasteiger partial charge in [0.25, 0.3) is 0 Å². The van der Waals surface area contributed by atoms with Crippen LogP contribution in [0.3, 0.4) is 0 Å². The van der Waals surface area contributed by atoms with Crippen LogP contribution < -0.4 is 10.1 Å². The standard InChI is InChI=1S/C33H38FNO3/c1-6-23(19-32(36)38-5)24-9-7-10-25(18-24)35-21-22-12-14-27(29-20-26(37-4)13-15-31(29)34)28(17-22)30-11-8-16-33(30,2)3/h7,9-15,17-18,20,23,35H,6,8,16,19,21H2,1-5H3/t23-/m1/s1. The molecule has 0 saturated carbocycles. The van der Waals surface area contributed by atoms with E-state index in [0.717, 1.165) is 47.2 Å². The van der Waals surface area contributed by atoms with Crippen molar-refractivity contribution < 1.29 is 18.7 Å². The monoisotopic (exact) mass is 515 g/mol. The molecule has 3 aromatic carbocycles. The molecule has 0 saturated heterocycles. The van der Waals surface area contributed by atoms with Crippen LogP contribution in [0, 0.1) is 11.2 Å². The maximum Gasteiger partial charge on any atom is 0.306 e. The molecular formula is C33H38FNO3. The minimum atomic E-state index is -0.261. The second kappa shape index (κ2) is 11.8. The molecule has 0 spiro atoms. The van der Waals surface area contributed by atoms with Crippen molar-refractivity contribution in [3.05, 3.63) is 89.2 Å². The number of benzene rings is 3. The summed E-state index contributed by atoms with van der Waals surface area (Å²) in [7, 11) is 3.03. The van der Waals surface area contributed by atoms with Crippen molar-refractivity contribution in [1.29, 1.82) is 0 Å².